The first kappa shape index (κ1) is 25.7. The van der Waals surface area contributed by atoms with Crippen LogP contribution in [0.25, 0.3) is 27.8 Å². The number of halogens is 1. The van der Waals surface area contributed by atoms with Crippen molar-refractivity contribution >= 4 is 56.1 Å². The van der Waals surface area contributed by atoms with Crippen LogP contribution in [0.4, 0.5) is 0 Å². The van der Waals surface area contributed by atoms with Gasteiger partial charge in [-0.25, -0.2) is 17.4 Å². The summed E-state index contributed by atoms with van der Waals surface area (Å²) in [6.07, 6.45) is 5.50. The highest BCUT2D eigenvalue weighted by molar-refractivity contribution is 8.93. The summed E-state index contributed by atoms with van der Waals surface area (Å²) < 4.78 is 42.2. The first-order valence-corrected chi connectivity index (χ1v) is 13.3. The van der Waals surface area contributed by atoms with E-state index in [0.717, 1.165) is 27.8 Å². The van der Waals surface area contributed by atoms with Gasteiger partial charge in [0.15, 0.2) is 0 Å². The van der Waals surface area contributed by atoms with E-state index >= 15 is 0 Å². The molecule has 0 unspecified atom stereocenters. The largest absolute Gasteiger partial charge is 0.496 e. The Kier molecular flexibility index (Phi) is 6.14. The monoisotopic (exact) mass is 579 g/mol. The van der Waals surface area contributed by atoms with Gasteiger partial charge < -0.3 is 13.7 Å². The molecule has 3 aromatic heterocycles. The van der Waals surface area contributed by atoms with Crippen molar-refractivity contribution in [2.75, 3.05) is 0 Å². The van der Waals surface area contributed by atoms with Crippen LogP contribution in [0.5, 0.6) is 0 Å². The molecule has 6 rings (SSSR count). The second-order valence-electron chi connectivity index (χ2n) is 10.1. The average molecular weight is 580 g/mol. The maximum Gasteiger partial charge on any atom is 0.496 e. The second-order valence-corrected chi connectivity index (χ2v) is 12.0. The van der Waals surface area contributed by atoms with Crippen LogP contribution in [0.15, 0.2) is 90.2 Å². The predicted molar refractivity (Wildman–Crippen MR) is 151 cm³/mol. The average Bonchev–Trinajstić information content (AvgIpc) is 3.52. The van der Waals surface area contributed by atoms with E-state index < -0.39 is 28.3 Å². The zero-order valence-corrected chi connectivity index (χ0v) is 23.5. The molecule has 0 amide bonds. The van der Waals surface area contributed by atoms with Gasteiger partial charge in [-0.2, -0.15) is 0 Å². The minimum atomic E-state index is -3.72. The Hall–Kier alpha value is -2.92. The summed E-state index contributed by atoms with van der Waals surface area (Å²) in [6.45, 7) is 8.13. The number of imidazole rings is 1. The summed E-state index contributed by atoms with van der Waals surface area (Å²) in [4.78, 5) is 5.02. The molecule has 0 saturated carbocycles. The fourth-order valence-corrected chi connectivity index (χ4v) is 5.81. The van der Waals surface area contributed by atoms with Crippen LogP contribution in [0.1, 0.15) is 27.7 Å². The van der Waals surface area contributed by atoms with Crippen LogP contribution in [0.3, 0.4) is 0 Å². The van der Waals surface area contributed by atoms with Crippen LogP contribution in [-0.2, 0) is 19.3 Å². The predicted octanol–water partition coefficient (Wildman–Crippen LogP) is 5.07. The highest BCUT2D eigenvalue weighted by Gasteiger charge is 2.51. The molecule has 5 aromatic rings. The first-order valence-electron chi connectivity index (χ1n) is 11.8. The van der Waals surface area contributed by atoms with Crippen molar-refractivity contribution in [3.8, 4) is 11.3 Å². The van der Waals surface area contributed by atoms with E-state index in [-0.39, 0.29) is 21.9 Å². The Bertz CT molecular complexity index is 1710. The highest BCUT2D eigenvalue weighted by atomic mass is 79.9. The smallest absolute Gasteiger partial charge is 0.399 e. The number of aromatic nitrogens is 3. The van der Waals surface area contributed by atoms with Crippen molar-refractivity contribution in [3.63, 3.8) is 0 Å². The van der Waals surface area contributed by atoms with Crippen molar-refractivity contribution < 1.29 is 17.7 Å². The van der Waals surface area contributed by atoms with Crippen molar-refractivity contribution in [1.29, 1.82) is 0 Å². The Morgan fingerprint density at radius 3 is 2.27 bits per heavy atom. The molecule has 2 aromatic carbocycles. The molecular formula is C27H27BBrN3O4S. The van der Waals surface area contributed by atoms with Gasteiger partial charge in [-0.15, -0.1) is 17.0 Å². The number of pyridine rings is 1. The topological polar surface area (TPSA) is 74.8 Å². The number of benzene rings is 2. The summed E-state index contributed by atoms with van der Waals surface area (Å²) in [5.41, 5.74) is 3.01. The molecule has 0 spiro atoms. The Labute approximate surface area is 227 Å². The molecule has 0 aliphatic carbocycles. The van der Waals surface area contributed by atoms with Gasteiger partial charge in [0.1, 0.15) is 5.65 Å². The van der Waals surface area contributed by atoms with Crippen molar-refractivity contribution in [2.45, 2.75) is 43.8 Å². The van der Waals surface area contributed by atoms with Crippen molar-refractivity contribution in [2.24, 2.45) is 0 Å². The van der Waals surface area contributed by atoms with E-state index in [2.05, 4.69) is 0 Å². The molecule has 1 fully saturated rings. The van der Waals surface area contributed by atoms with Crippen LogP contribution >= 0.6 is 17.0 Å². The molecule has 1 saturated heterocycles. The third-order valence-corrected chi connectivity index (χ3v) is 8.96. The third-order valence-electron chi connectivity index (χ3n) is 7.25. The molecule has 0 N–H and O–H groups in total. The van der Waals surface area contributed by atoms with E-state index in [1.54, 1.807) is 42.6 Å². The highest BCUT2D eigenvalue weighted by Crippen LogP contribution is 2.36. The first-order chi connectivity index (χ1) is 17.0. The van der Waals surface area contributed by atoms with Gasteiger partial charge in [-0.3, -0.25) is 0 Å². The molecule has 0 radical (unpaired) electrons. The second kappa shape index (κ2) is 8.84. The van der Waals surface area contributed by atoms with Crippen LogP contribution in [-0.4, -0.2) is 40.1 Å². The van der Waals surface area contributed by atoms with Gasteiger partial charge in [0.2, 0.25) is 0 Å². The van der Waals surface area contributed by atoms with Gasteiger partial charge in [0.25, 0.3) is 10.0 Å². The SMILES string of the molecule is Br.CC1(C)OB(c2ccc3nc(-c4ccc5ccn(S(=O)(=O)c6ccccc6)c5c4)cn3c2)OC1(C)C. The molecule has 37 heavy (non-hydrogen) atoms. The lowest BCUT2D eigenvalue weighted by Gasteiger charge is -2.32. The maximum absolute atomic E-state index is 13.3. The lowest BCUT2D eigenvalue weighted by atomic mass is 9.80. The third kappa shape index (κ3) is 4.22. The van der Waals surface area contributed by atoms with E-state index in [0.29, 0.717) is 5.52 Å². The van der Waals surface area contributed by atoms with Gasteiger partial charge in [0, 0.05) is 29.5 Å². The fraction of sp³-hybridized carbons (Fsp3) is 0.222. The summed E-state index contributed by atoms with van der Waals surface area (Å²) >= 11 is 0. The van der Waals surface area contributed by atoms with Crippen LogP contribution in [0.2, 0.25) is 0 Å². The van der Waals surface area contributed by atoms with Gasteiger partial charge in [0.05, 0.1) is 27.3 Å². The summed E-state index contributed by atoms with van der Waals surface area (Å²) in [7, 11) is -4.18. The van der Waals surface area contributed by atoms with Gasteiger partial charge in [-0.05, 0) is 63.5 Å². The maximum atomic E-state index is 13.3. The Balaban J connectivity index is 0.00000280. The summed E-state index contributed by atoms with van der Waals surface area (Å²) in [5, 5.41) is 0.838. The molecule has 4 heterocycles. The number of hydrogen-bond donors (Lipinski definition) is 0. The fourth-order valence-electron chi connectivity index (χ4n) is 4.45. The quantitative estimate of drug-likeness (QED) is 0.278. The molecule has 0 atom stereocenters. The molecule has 10 heteroatoms. The number of hydrogen-bond acceptors (Lipinski definition) is 5. The zero-order chi connectivity index (χ0) is 25.3. The van der Waals surface area contributed by atoms with Crippen LogP contribution in [0, 0.1) is 0 Å². The summed E-state index contributed by atoms with van der Waals surface area (Å²) in [5.74, 6) is 0. The van der Waals surface area contributed by atoms with E-state index in [4.69, 9.17) is 14.3 Å². The molecule has 1 aliphatic heterocycles. The Morgan fingerprint density at radius 2 is 1.57 bits per heavy atom. The zero-order valence-electron chi connectivity index (χ0n) is 21.0. The van der Waals surface area contributed by atoms with Crippen molar-refractivity contribution in [1.82, 2.24) is 13.4 Å². The molecule has 7 nitrogen and oxygen atoms in total. The summed E-state index contributed by atoms with van der Waals surface area (Å²) in [6, 6.07) is 19.9. The molecular weight excluding hydrogens is 553 g/mol. The number of fused-ring (bicyclic) bond motifs is 2. The van der Waals surface area contributed by atoms with E-state index in [9.17, 15) is 8.42 Å². The minimum absolute atomic E-state index is 0. The van der Waals surface area contributed by atoms with Crippen LogP contribution < -0.4 is 5.46 Å². The lowest BCUT2D eigenvalue weighted by Crippen LogP contribution is -2.41. The standard InChI is InChI=1S/C27H26BN3O4S.BrH/c1-26(2)27(3,4)35-28(34-26)21-12-13-25-29-23(18-30(25)17-21)20-11-10-19-14-15-31(24(19)16-20)36(32,33)22-8-6-5-7-9-22;/h5-18H,1-4H3;1H. The van der Waals surface area contributed by atoms with Gasteiger partial charge in [-0.1, -0.05) is 36.4 Å². The van der Waals surface area contributed by atoms with Gasteiger partial charge >= 0.3 is 7.12 Å². The molecule has 190 valence electrons. The number of rotatable bonds is 4. The normalized spacial score (nSPS) is 16.8. The molecule has 0 bridgehead atoms. The van der Waals surface area contributed by atoms with E-state index in [1.807, 2.05) is 74.8 Å². The lowest BCUT2D eigenvalue weighted by molar-refractivity contribution is 0.00578. The van der Waals surface area contributed by atoms with Crippen molar-refractivity contribution in [3.05, 3.63) is 85.3 Å². The molecule has 1 aliphatic rings. The van der Waals surface area contributed by atoms with E-state index in [1.165, 1.54) is 3.97 Å². The number of nitrogens with zero attached hydrogens (tertiary/aromatic N) is 3. The Morgan fingerprint density at radius 1 is 0.865 bits per heavy atom. The minimum Gasteiger partial charge on any atom is -0.399 e.